The third-order valence-corrected chi connectivity index (χ3v) is 6.64. The Morgan fingerprint density at radius 1 is 1.09 bits per heavy atom. The van der Waals surface area contributed by atoms with Crippen LogP contribution in [0.1, 0.15) is 40.9 Å². The van der Waals surface area contributed by atoms with Gasteiger partial charge < -0.3 is 25.2 Å². The van der Waals surface area contributed by atoms with Crippen molar-refractivity contribution in [3.05, 3.63) is 47.2 Å². The summed E-state index contributed by atoms with van der Waals surface area (Å²) in [5.74, 6) is 2.46. The molecule has 5 rings (SSSR count). The van der Waals surface area contributed by atoms with Crippen molar-refractivity contribution in [2.24, 2.45) is 5.73 Å². The second-order valence-corrected chi connectivity index (χ2v) is 9.51. The molecule has 0 spiro atoms. The average Bonchev–Trinajstić information content (AvgIpc) is 3.43. The summed E-state index contributed by atoms with van der Waals surface area (Å²) in [5, 5.41) is 4.84. The lowest BCUT2D eigenvalue weighted by molar-refractivity contribution is 0.0778. The van der Waals surface area contributed by atoms with Gasteiger partial charge >= 0.3 is 0 Å². The molecule has 9 nitrogen and oxygen atoms in total. The monoisotopic (exact) mass is 463 g/mol. The Labute approximate surface area is 200 Å². The Bertz CT molecular complexity index is 1210. The SMILES string of the molecule is Cc1ccc2c(c1)C(=O)N(C)Cc1cc3nc(N4CC[C@@H](N)C4)cc(n3n1)N(C)CCCCO2. The van der Waals surface area contributed by atoms with Crippen molar-refractivity contribution in [2.75, 3.05) is 50.1 Å². The van der Waals surface area contributed by atoms with E-state index in [1.807, 2.05) is 35.7 Å². The highest BCUT2D eigenvalue weighted by atomic mass is 16.5. The van der Waals surface area contributed by atoms with Gasteiger partial charge in [-0.1, -0.05) is 11.6 Å². The lowest BCUT2D eigenvalue weighted by atomic mass is 10.1. The van der Waals surface area contributed by atoms with E-state index in [0.717, 1.165) is 67.4 Å². The van der Waals surface area contributed by atoms with E-state index in [-0.39, 0.29) is 11.9 Å². The van der Waals surface area contributed by atoms with Gasteiger partial charge in [0, 0.05) is 51.9 Å². The van der Waals surface area contributed by atoms with Gasteiger partial charge in [0.15, 0.2) is 5.65 Å². The molecule has 1 aromatic carbocycles. The van der Waals surface area contributed by atoms with Crippen molar-refractivity contribution >= 4 is 23.2 Å². The fraction of sp³-hybridized carbons (Fsp3) is 0.480. The lowest BCUT2D eigenvalue weighted by Crippen LogP contribution is -2.28. The highest BCUT2D eigenvalue weighted by Crippen LogP contribution is 2.27. The van der Waals surface area contributed by atoms with Gasteiger partial charge in [0.25, 0.3) is 5.91 Å². The summed E-state index contributed by atoms with van der Waals surface area (Å²) >= 11 is 0. The molecular weight excluding hydrogens is 430 g/mol. The molecule has 34 heavy (non-hydrogen) atoms. The van der Waals surface area contributed by atoms with Crippen LogP contribution in [0.5, 0.6) is 5.75 Å². The third kappa shape index (κ3) is 4.40. The van der Waals surface area contributed by atoms with Gasteiger partial charge in [0.1, 0.15) is 17.4 Å². The topological polar surface area (TPSA) is 92.2 Å². The predicted octanol–water partition coefficient (Wildman–Crippen LogP) is 2.46. The van der Waals surface area contributed by atoms with Crippen LogP contribution in [0.15, 0.2) is 30.3 Å². The van der Waals surface area contributed by atoms with Crippen LogP contribution in [0.4, 0.5) is 11.6 Å². The summed E-state index contributed by atoms with van der Waals surface area (Å²) in [5.41, 5.74) is 9.34. The fourth-order valence-electron chi connectivity index (χ4n) is 4.70. The molecule has 2 N–H and O–H groups in total. The number of carbonyl (C=O) groups is 1. The van der Waals surface area contributed by atoms with Gasteiger partial charge in [0.05, 0.1) is 24.4 Å². The van der Waals surface area contributed by atoms with Gasteiger partial charge in [-0.05, 0) is 38.3 Å². The molecular formula is C25H33N7O2. The highest BCUT2D eigenvalue weighted by Gasteiger charge is 2.24. The summed E-state index contributed by atoms with van der Waals surface area (Å²) in [6, 6.07) is 10.0. The summed E-state index contributed by atoms with van der Waals surface area (Å²) < 4.78 is 7.93. The molecule has 2 bridgehead atoms. The number of hydrogen-bond acceptors (Lipinski definition) is 7. The number of nitrogens with two attached hydrogens (primary N) is 1. The number of aryl methyl sites for hydroxylation is 1. The van der Waals surface area contributed by atoms with E-state index in [2.05, 4.69) is 22.9 Å². The molecule has 0 saturated carbocycles. The van der Waals surface area contributed by atoms with Crippen LogP contribution in [-0.2, 0) is 6.54 Å². The highest BCUT2D eigenvalue weighted by molar-refractivity contribution is 5.97. The van der Waals surface area contributed by atoms with Crippen LogP contribution >= 0.6 is 0 Å². The van der Waals surface area contributed by atoms with Crippen LogP contribution < -0.4 is 20.3 Å². The lowest BCUT2D eigenvalue weighted by Gasteiger charge is -2.23. The molecule has 2 aliphatic heterocycles. The summed E-state index contributed by atoms with van der Waals surface area (Å²) in [7, 11) is 3.89. The smallest absolute Gasteiger partial charge is 0.257 e. The van der Waals surface area contributed by atoms with Crippen LogP contribution in [0, 0.1) is 6.92 Å². The van der Waals surface area contributed by atoms with Crippen molar-refractivity contribution in [1.29, 1.82) is 0 Å². The zero-order valence-corrected chi connectivity index (χ0v) is 20.2. The van der Waals surface area contributed by atoms with E-state index < -0.39 is 0 Å². The van der Waals surface area contributed by atoms with Crippen LogP contribution in [0.2, 0.25) is 0 Å². The van der Waals surface area contributed by atoms with Crippen LogP contribution in [0.25, 0.3) is 5.65 Å². The number of ether oxygens (including phenoxy) is 1. The fourth-order valence-corrected chi connectivity index (χ4v) is 4.70. The van der Waals surface area contributed by atoms with E-state index in [1.165, 1.54) is 0 Å². The minimum Gasteiger partial charge on any atom is -0.493 e. The average molecular weight is 464 g/mol. The van der Waals surface area contributed by atoms with Gasteiger partial charge in [-0.2, -0.15) is 9.61 Å². The molecule has 1 amide bonds. The van der Waals surface area contributed by atoms with E-state index in [9.17, 15) is 4.79 Å². The predicted molar refractivity (Wildman–Crippen MR) is 133 cm³/mol. The standard InChI is InChI=1S/C25H33N7O2/c1-17-6-7-21-20(12-17)25(33)30(3)16-19-13-23-27-22(31-10-8-18(26)15-31)14-24(32(23)28-19)29(2)9-4-5-11-34-21/h6-7,12-14,18H,4-5,8-11,15-16,26H2,1-3H3/t18-/m1/s1. The first-order valence-corrected chi connectivity index (χ1v) is 12.0. The van der Waals surface area contributed by atoms with Gasteiger partial charge in [-0.15, -0.1) is 0 Å². The maximum absolute atomic E-state index is 13.3. The molecule has 1 fully saturated rings. The molecule has 2 aromatic heterocycles. The Morgan fingerprint density at radius 2 is 1.94 bits per heavy atom. The molecule has 9 heteroatoms. The molecule has 0 radical (unpaired) electrons. The van der Waals surface area contributed by atoms with Crippen molar-refractivity contribution in [1.82, 2.24) is 19.5 Å². The molecule has 1 atom stereocenters. The number of carbonyl (C=O) groups excluding carboxylic acids is 1. The second kappa shape index (κ2) is 9.13. The zero-order valence-electron chi connectivity index (χ0n) is 20.2. The zero-order chi connectivity index (χ0) is 23.8. The van der Waals surface area contributed by atoms with Crippen molar-refractivity contribution < 1.29 is 9.53 Å². The Balaban J connectivity index is 1.54. The molecule has 180 valence electrons. The van der Waals surface area contributed by atoms with E-state index in [4.69, 9.17) is 20.6 Å². The second-order valence-electron chi connectivity index (χ2n) is 9.51. The summed E-state index contributed by atoms with van der Waals surface area (Å²) in [6.07, 6.45) is 2.80. The summed E-state index contributed by atoms with van der Waals surface area (Å²) in [6.45, 7) is 5.50. The largest absolute Gasteiger partial charge is 0.493 e. The first-order chi connectivity index (χ1) is 16.4. The van der Waals surface area contributed by atoms with Crippen molar-refractivity contribution in [3.8, 4) is 5.75 Å². The van der Waals surface area contributed by atoms with Gasteiger partial charge in [-0.3, -0.25) is 4.79 Å². The molecule has 3 aromatic rings. The normalized spacial score (nSPS) is 19.8. The number of rotatable bonds is 1. The number of amides is 1. The van der Waals surface area contributed by atoms with Gasteiger partial charge in [0.2, 0.25) is 0 Å². The minimum absolute atomic E-state index is 0.0809. The Morgan fingerprint density at radius 3 is 2.74 bits per heavy atom. The third-order valence-electron chi connectivity index (χ3n) is 6.64. The van der Waals surface area contributed by atoms with E-state index in [0.29, 0.717) is 24.5 Å². The molecule has 2 aliphatic rings. The maximum Gasteiger partial charge on any atom is 0.257 e. The first-order valence-electron chi connectivity index (χ1n) is 12.0. The van der Waals surface area contributed by atoms with Crippen LogP contribution in [-0.4, -0.2) is 71.8 Å². The Kier molecular flexibility index (Phi) is 6.03. The van der Waals surface area contributed by atoms with Crippen molar-refractivity contribution in [2.45, 2.75) is 38.8 Å². The molecule has 4 heterocycles. The number of aromatic nitrogens is 3. The quantitative estimate of drug-likeness (QED) is 0.593. The number of nitrogens with zero attached hydrogens (tertiary/aromatic N) is 6. The molecule has 0 aliphatic carbocycles. The summed E-state index contributed by atoms with van der Waals surface area (Å²) in [4.78, 5) is 24.4. The molecule has 0 unspecified atom stereocenters. The van der Waals surface area contributed by atoms with E-state index >= 15 is 0 Å². The van der Waals surface area contributed by atoms with Crippen molar-refractivity contribution in [3.63, 3.8) is 0 Å². The van der Waals surface area contributed by atoms with Crippen LogP contribution in [0.3, 0.4) is 0 Å². The molecule has 1 saturated heterocycles. The maximum atomic E-state index is 13.3. The number of fused-ring (bicyclic) bond motifs is 2. The number of hydrogen-bond donors (Lipinski definition) is 1. The first kappa shape index (κ1) is 22.5. The Hall–Kier alpha value is -3.33. The van der Waals surface area contributed by atoms with E-state index in [1.54, 1.807) is 11.9 Å². The number of anilines is 2. The minimum atomic E-state index is -0.0809. The number of benzene rings is 1. The van der Waals surface area contributed by atoms with Gasteiger partial charge in [-0.25, -0.2) is 4.98 Å².